The molecule has 3 aromatic rings. The lowest BCUT2D eigenvalue weighted by Crippen LogP contribution is -2.29. The summed E-state index contributed by atoms with van der Waals surface area (Å²) in [7, 11) is -2.41. The molecule has 142 valence electrons. The quantitative estimate of drug-likeness (QED) is 0.414. The van der Waals surface area contributed by atoms with E-state index in [1.165, 1.54) is 90.4 Å². The van der Waals surface area contributed by atoms with Gasteiger partial charge in [-0.3, -0.25) is 0 Å². The highest BCUT2D eigenvalue weighted by Crippen LogP contribution is 2.63. The molecular formula is C24H29OPS. The van der Waals surface area contributed by atoms with Crippen molar-refractivity contribution in [3.05, 3.63) is 41.8 Å². The molecule has 5 rings (SSSR count). The molecule has 0 atom stereocenters. The Balaban J connectivity index is 1.74. The molecule has 27 heavy (non-hydrogen) atoms. The first kappa shape index (κ1) is 18.0. The minimum Gasteiger partial charge on any atom is -0.318 e. The van der Waals surface area contributed by atoms with Crippen LogP contribution in [0.3, 0.4) is 0 Å². The van der Waals surface area contributed by atoms with Crippen molar-refractivity contribution >= 4 is 44.6 Å². The van der Waals surface area contributed by atoms with Crippen LogP contribution < -0.4 is 5.30 Å². The van der Waals surface area contributed by atoms with Crippen molar-refractivity contribution in [2.45, 2.75) is 75.5 Å². The Kier molecular flexibility index (Phi) is 4.90. The van der Waals surface area contributed by atoms with Crippen molar-refractivity contribution in [2.24, 2.45) is 0 Å². The Bertz CT molecular complexity index is 970. The fourth-order valence-electron chi connectivity index (χ4n) is 5.67. The third-order valence-corrected chi connectivity index (χ3v) is 12.5. The van der Waals surface area contributed by atoms with Crippen LogP contribution in [0.5, 0.6) is 0 Å². The fourth-order valence-corrected chi connectivity index (χ4v) is 11.6. The van der Waals surface area contributed by atoms with Crippen LogP contribution >= 0.6 is 18.5 Å². The second-order valence-corrected chi connectivity index (χ2v) is 12.8. The van der Waals surface area contributed by atoms with Gasteiger partial charge < -0.3 is 4.57 Å². The largest absolute Gasteiger partial charge is 0.318 e. The molecule has 1 aromatic heterocycles. The molecule has 2 saturated carbocycles. The van der Waals surface area contributed by atoms with E-state index in [0.29, 0.717) is 11.3 Å². The Labute approximate surface area is 166 Å². The van der Waals surface area contributed by atoms with Crippen LogP contribution in [0.2, 0.25) is 0 Å². The van der Waals surface area contributed by atoms with Gasteiger partial charge in [-0.05, 0) is 42.5 Å². The molecule has 0 spiro atoms. The molecule has 0 N–H and O–H groups in total. The van der Waals surface area contributed by atoms with Gasteiger partial charge >= 0.3 is 0 Å². The molecule has 2 aliphatic rings. The van der Waals surface area contributed by atoms with Gasteiger partial charge in [-0.1, -0.05) is 68.9 Å². The summed E-state index contributed by atoms with van der Waals surface area (Å²) < 4.78 is 16.4. The SMILES string of the molecule is O=P(c1csc2ccc3ccccc3c12)(C1CCCCC1)C1CCCCC1. The minimum absolute atomic E-state index is 0.422. The van der Waals surface area contributed by atoms with Crippen molar-refractivity contribution in [1.29, 1.82) is 0 Å². The van der Waals surface area contributed by atoms with Gasteiger partial charge in [0.05, 0.1) is 0 Å². The molecule has 0 aliphatic heterocycles. The van der Waals surface area contributed by atoms with E-state index in [-0.39, 0.29) is 0 Å². The summed E-state index contributed by atoms with van der Waals surface area (Å²) >= 11 is 1.81. The maximum Gasteiger partial charge on any atom is 0.122 e. The summed E-state index contributed by atoms with van der Waals surface area (Å²) in [6, 6.07) is 13.2. The van der Waals surface area contributed by atoms with Gasteiger partial charge in [0.15, 0.2) is 0 Å². The van der Waals surface area contributed by atoms with Crippen LogP contribution in [0.25, 0.3) is 20.9 Å². The Hall–Kier alpha value is -1.11. The zero-order valence-corrected chi connectivity index (χ0v) is 17.7. The maximum absolute atomic E-state index is 15.1. The summed E-state index contributed by atoms with van der Waals surface area (Å²) in [6.45, 7) is 0. The summed E-state index contributed by atoms with van der Waals surface area (Å²) in [5.74, 6) is 0. The summed E-state index contributed by atoms with van der Waals surface area (Å²) in [4.78, 5) is 0. The smallest absolute Gasteiger partial charge is 0.122 e. The molecule has 0 bridgehead atoms. The molecular weight excluding hydrogens is 367 g/mol. The molecule has 0 unspecified atom stereocenters. The van der Waals surface area contributed by atoms with E-state index in [2.05, 4.69) is 41.8 Å². The molecule has 2 aromatic carbocycles. The van der Waals surface area contributed by atoms with Gasteiger partial charge in [0, 0.05) is 32.1 Å². The molecule has 0 amide bonds. The van der Waals surface area contributed by atoms with E-state index < -0.39 is 7.14 Å². The third kappa shape index (κ3) is 3.00. The third-order valence-electron chi connectivity index (χ3n) is 7.06. The van der Waals surface area contributed by atoms with Gasteiger partial charge in [-0.2, -0.15) is 0 Å². The number of fused-ring (bicyclic) bond motifs is 3. The van der Waals surface area contributed by atoms with Gasteiger partial charge in [0.2, 0.25) is 0 Å². The zero-order chi connectivity index (χ0) is 18.3. The zero-order valence-electron chi connectivity index (χ0n) is 16.0. The van der Waals surface area contributed by atoms with Gasteiger partial charge in [-0.25, -0.2) is 0 Å². The fraction of sp³-hybridized carbons (Fsp3) is 0.500. The lowest BCUT2D eigenvalue weighted by atomic mass is 9.99. The highest BCUT2D eigenvalue weighted by atomic mass is 32.1. The molecule has 1 heterocycles. The molecule has 0 radical (unpaired) electrons. The van der Waals surface area contributed by atoms with E-state index in [0.717, 1.165) is 0 Å². The van der Waals surface area contributed by atoms with Crippen LogP contribution in [0.15, 0.2) is 41.8 Å². The van der Waals surface area contributed by atoms with E-state index in [1.54, 1.807) is 0 Å². The number of rotatable bonds is 3. The van der Waals surface area contributed by atoms with Crippen molar-refractivity contribution in [3.8, 4) is 0 Å². The average molecular weight is 397 g/mol. The predicted octanol–water partition coefficient (Wildman–Crippen LogP) is 7.71. The first-order valence-electron chi connectivity index (χ1n) is 10.8. The van der Waals surface area contributed by atoms with Crippen LogP contribution in [-0.4, -0.2) is 11.3 Å². The lowest BCUT2D eigenvalue weighted by molar-refractivity contribution is 0.453. The number of benzene rings is 2. The molecule has 3 heteroatoms. The van der Waals surface area contributed by atoms with Crippen molar-refractivity contribution in [3.63, 3.8) is 0 Å². The highest BCUT2D eigenvalue weighted by molar-refractivity contribution is 7.74. The van der Waals surface area contributed by atoms with Gasteiger partial charge in [-0.15, -0.1) is 11.3 Å². The number of hydrogen-bond acceptors (Lipinski definition) is 2. The Morgan fingerprint density at radius 2 is 1.41 bits per heavy atom. The van der Waals surface area contributed by atoms with Crippen molar-refractivity contribution in [2.75, 3.05) is 0 Å². The second-order valence-electron chi connectivity index (χ2n) is 8.57. The topological polar surface area (TPSA) is 17.1 Å². The van der Waals surface area contributed by atoms with Crippen LogP contribution in [0, 0.1) is 0 Å². The normalized spacial score (nSPS) is 20.4. The standard InChI is InChI=1S/C24H29OPS/c25-26(19-10-3-1-4-11-19,20-12-5-2-6-13-20)22-17-27-23-16-15-18-9-7-8-14-21(18)24(22)23/h7-9,14-17,19-20H,1-6,10-13H2. The highest BCUT2D eigenvalue weighted by Gasteiger charge is 2.43. The van der Waals surface area contributed by atoms with E-state index in [1.807, 2.05) is 11.3 Å². The van der Waals surface area contributed by atoms with Crippen molar-refractivity contribution < 1.29 is 4.57 Å². The molecule has 2 fully saturated rings. The number of thiophene rings is 1. The number of hydrogen-bond donors (Lipinski definition) is 0. The summed E-state index contributed by atoms with van der Waals surface area (Å²) in [6.07, 6.45) is 12.4. The molecule has 0 saturated heterocycles. The average Bonchev–Trinajstić information content (AvgIpc) is 3.20. The first-order chi connectivity index (χ1) is 13.3. The summed E-state index contributed by atoms with van der Waals surface area (Å²) in [5, 5.41) is 7.44. The van der Waals surface area contributed by atoms with E-state index in [9.17, 15) is 0 Å². The van der Waals surface area contributed by atoms with Gasteiger partial charge in [0.1, 0.15) is 7.14 Å². The molecule has 2 aliphatic carbocycles. The second kappa shape index (κ2) is 7.37. The predicted molar refractivity (Wildman–Crippen MR) is 120 cm³/mol. The van der Waals surface area contributed by atoms with Crippen molar-refractivity contribution in [1.82, 2.24) is 0 Å². The van der Waals surface area contributed by atoms with Crippen LogP contribution in [0.1, 0.15) is 64.2 Å². The van der Waals surface area contributed by atoms with Crippen LogP contribution in [0.4, 0.5) is 0 Å². The van der Waals surface area contributed by atoms with E-state index >= 15 is 4.57 Å². The summed E-state index contributed by atoms with van der Waals surface area (Å²) in [5.41, 5.74) is 0.845. The lowest BCUT2D eigenvalue weighted by Gasteiger charge is -2.38. The minimum atomic E-state index is -2.41. The van der Waals surface area contributed by atoms with Crippen LogP contribution in [-0.2, 0) is 4.57 Å². The van der Waals surface area contributed by atoms with Gasteiger partial charge in [0.25, 0.3) is 0 Å². The van der Waals surface area contributed by atoms with E-state index in [4.69, 9.17) is 0 Å². The Morgan fingerprint density at radius 3 is 2.07 bits per heavy atom. The first-order valence-corrected chi connectivity index (χ1v) is 13.5. The Morgan fingerprint density at radius 1 is 0.778 bits per heavy atom. The molecule has 1 nitrogen and oxygen atoms in total. The monoisotopic (exact) mass is 396 g/mol. The maximum atomic E-state index is 15.1.